The smallest absolute Gasteiger partial charge is 0.194 e. The summed E-state index contributed by atoms with van der Waals surface area (Å²) in [6, 6.07) is 3.99. The predicted molar refractivity (Wildman–Crippen MR) is 111 cm³/mol. The molecule has 6 heteroatoms. The Morgan fingerprint density at radius 2 is 1.93 bits per heavy atom. The van der Waals surface area contributed by atoms with Crippen LogP contribution in [0.2, 0.25) is 0 Å². The SMILES string of the molecule is CCNC(=NCc1cc(C)c(O)c(C)c1)N(C)Cc1cn(C)nc1C(C)C. The molecular weight excluding hydrogens is 338 g/mol. The molecule has 2 rings (SSSR count). The van der Waals surface area contributed by atoms with Crippen molar-refractivity contribution in [2.24, 2.45) is 12.0 Å². The minimum atomic E-state index is 0.365. The lowest BCUT2D eigenvalue weighted by Gasteiger charge is -2.22. The van der Waals surface area contributed by atoms with E-state index in [-0.39, 0.29) is 0 Å². The topological polar surface area (TPSA) is 65.7 Å². The molecule has 0 aliphatic heterocycles. The van der Waals surface area contributed by atoms with Gasteiger partial charge in [-0.25, -0.2) is 4.99 Å². The van der Waals surface area contributed by atoms with E-state index in [1.54, 1.807) is 0 Å². The van der Waals surface area contributed by atoms with Gasteiger partial charge in [-0.3, -0.25) is 4.68 Å². The van der Waals surface area contributed by atoms with Gasteiger partial charge in [0.15, 0.2) is 5.96 Å². The van der Waals surface area contributed by atoms with Crippen molar-refractivity contribution in [3.05, 3.63) is 46.3 Å². The van der Waals surface area contributed by atoms with E-state index in [0.29, 0.717) is 18.2 Å². The van der Waals surface area contributed by atoms with E-state index in [0.717, 1.165) is 41.4 Å². The number of hydrogen-bond donors (Lipinski definition) is 2. The number of guanidine groups is 1. The van der Waals surface area contributed by atoms with E-state index in [4.69, 9.17) is 4.99 Å². The van der Waals surface area contributed by atoms with Crippen molar-refractivity contribution >= 4 is 5.96 Å². The van der Waals surface area contributed by atoms with Crippen molar-refractivity contribution < 1.29 is 5.11 Å². The highest BCUT2D eigenvalue weighted by atomic mass is 16.3. The summed E-state index contributed by atoms with van der Waals surface area (Å²) in [6.07, 6.45) is 2.09. The highest BCUT2D eigenvalue weighted by molar-refractivity contribution is 5.79. The molecule has 0 amide bonds. The van der Waals surface area contributed by atoms with Crippen LogP contribution in [-0.2, 0) is 20.1 Å². The summed E-state index contributed by atoms with van der Waals surface area (Å²) in [7, 11) is 4.01. The zero-order chi connectivity index (χ0) is 20.1. The van der Waals surface area contributed by atoms with E-state index in [1.807, 2.05) is 44.8 Å². The second kappa shape index (κ2) is 8.93. The maximum absolute atomic E-state index is 9.95. The van der Waals surface area contributed by atoms with E-state index < -0.39 is 0 Å². The Balaban J connectivity index is 2.19. The summed E-state index contributed by atoms with van der Waals surface area (Å²) in [5.74, 6) is 1.61. The van der Waals surface area contributed by atoms with Gasteiger partial charge < -0.3 is 15.3 Å². The number of benzene rings is 1. The monoisotopic (exact) mass is 371 g/mol. The third-order valence-electron chi connectivity index (χ3n) is 4.55. The summed E-state index contributed by atoms with van der Waals surface area (Å²) in [5.41, 5.74) is 5.21. The molecule has 0 bridgehead atoms. The van der Waals surface area contributed by atoms with Crippen LogP contribution in [-0.4, -0.2) is 39.3 Å². The van der Waals surface area contributed by atoms with E-state index in [1.165, 1.54) is 5.56 Å². The second-order valence-electron chi connectivity index (χ2n) is 7.47. The molecule has 0 spiro atoms. The number of rotatable bonds is 6. The van der Waals surface area contributed by atoms with Gasteiger partial charge in [-0.15, -0.1) is 0 Å². The fourth-order valence-electron chi connectivity index (χ4n) is 3.27. The number of nitrogens with one attached hydrogen (secondary N) is 1. The third-order valence-corrected chi connectivity index (χ3v) is 4.55. The molecule has 27 heavy (non-hydrogen) atoms. The molecule has 0 saturated heterocycles. The predicted octanol–water partition coefficient (Wildman–Crippen LogP) is 3.46. The first-order chi connectivity index (χ1) is 12.7. The normalized spacial score (nSPS) is 11.9. The van der Waals surface area contributed by atoms with Crippen LogP contribution in [0.1, 0.15) is 54.6 Å². The molecule has 1 aromatic heterocycles. The molecule has 1 aromatic carbocycles. The zero-order valence-electron chi connectivity index (χ0n) is 17.7. The van der Waals surface area contributed by atoms with Gasteiger partial charge in [0.2, 0.25) is 0 Å². The summed E-state index contributed by atoms with van der Waals surface area (Å²) in [6.45, 7) is 12.4. The second-order valence-corrected chi connectivity index (χ2v) is 7.47. The lowest BCUT2D eigenvalue weighted by molar-refractivity contribution is 0.466. The number of phenols is 1. The number of aromatic nitrogens is 2. The van der Waals surface area contributed by atoms with Gasteiger partial charge in [0, 0.05) is 38.9 Å². The van der Waals surface area contributed by atoms with Crippen LogP contribution in [0.3, 0.4) is 0 Å². The lowest BCUT2D eigenvalue weighted by Crippen LogP contribution is -2.38. The van der Waals surface area contributed by atoms with Crippen LogP contribution in [0.25, 0.3) is 0 Å². The van der Waals surface area contributed by atoms with Gasteiger partial charge in [-0.1, -0.05) is 26.0 Å². The molecule has 0 unspecified atom stereocenters. The van der Waals surface area contributed by atoms with Crippen molar-refractivity contribution in [3.8, 4) is 5.75 Å². The van der Waals surface area contributed by atoms with Gasteiger partial charge in [-0.05, 0) is 43.4 Å². The van der Waals surface area contributed by atoms with Crippen LogP contribution >= 0.6 is 0 Å². The van der Waals surface area contributed by atoms with Crippen molar-refractivity contribution in [1.29, 1.82) is 0 Å². The minimum Gasteiger partial charge on any atom is -0.507 e. The quantitative estimate of drug-likeness (QED) is 0.603. The number of hydrogen-bond acceptors (Lipinski definition) is 3. The first kappa shape index (κ1) is 20.8. The molecule has 0 atom stereocenters. The number of aryl methyl sites for hydroxylation is 3. The molecule has 148 valence electrons. The highest BCUT2D eigenvalue weighted by Crippen LogP contribution is 2.23. The Kier molecular flexibility index (Phi) is 6.88. The summed E-state index contributed by atoms with van der Waals surface area (Å²) < 4.78 is 1.88. The standard InChI is InChI=1S/C21H33N5O/c1-8-22-21(23-11-17-9-15(4)20(27)16(5)10-17)25(6)12-18-13-26(7)24-19(18)14(2)3/h9-10,13-14,27H,8,11-12H2,1-7H3,(H,22,23). The molecule has 0 aliphatic rings. The van der Waals surface area contributed by atoms with E-state index >= 15 is 0 Å². The molecular formula is C21H33N5O. The fraction of sp³-hybridized carbons (Fsp3) is 0.524. The van der Waals surface area contributed by atoms with Crippen LogP contribution in [0.4, 0.5) is 0 Å². The molecule has 1 heterocycles. The average Bonchev–Trinajstić information content (AvgIpc) is 2.96. The zero-order valence-corrected chi connectivity index (χ0v) is 17.7. The fourth-order valence-corrected chi connectivity index (χ4v) is 3.27. The third kappa shape index (κ3) is 5.25. The first-order valence-electron chi connectivity index (χ1n) is 9.53. The molecule has 2 N–H and O–H groups in total. The Morgan fingerprint density at radius 1 is 1.30 bits per heavy atom. The molecule has 6 nitrogen and oxygen atoms in total. The first-order valence-corrected chi connectivity index (χ1v) is 9.53. The van der Waals surface area contributed by atoms with Crippen LogP contribution in [0, 0.1) is 13.8 Å². The van der Waals surface area contributed by atoms with Gasteiger partial charge in [0.25, 0.3) is 0 Å². The molecule has 0 fully saturated rings. The van der Waals surface area contributed by atoms with Crippen molar-refractivity contribution in [2.75, 3.05) is 13.6 Å². The van der Waals surface area contributed by atoms with Gasteiger partial charge in [-0.2, -0.15) is 5.10 Å². The molecule has 0 radical (unpaired) electrons. The minimum absolute atomic E-state index is 0.365. The molecule has 2 aromatic rings. The van der Waals surface area contributed by atoms with Crippen LogP contribution < -0.4 is 5.32 Å². The largest absolute Gasteiger partial charge is 0.507 e. The van der Waals surface area contributed by atoms with Crippen LogP contribution in [0.5, 0.6) is 5.75 Å². The lowest BCUT2D eigenvalue weighted by atomic mass is 10.1. The Labute approximate surface area is 162 Å². The van der Waals surface area contributed by atoms with Crippen molar-refractivity contribution in [2.45, 2.75) is 53.6 Å². The van der Waals surface area contributed by atoms with Gasteiger partial charge in [0.05, 0.1) is 12.2 Å². The number of aliphatic imine (C=N–C) groups is 1. The van der Waals surface area contributed by atoms with Crippen molar-refractivity contribution in [3.63, 3.8) is 0 Å². The van der Waals surface area contributed by atoms with Crippen molar-refractivity contribution in [1.82, 2.24) is 20.0 Å². The Hall–Kier alpha value is -2.50. The maximum atomic E-state index is 9.95. The molecule has 0 saturated carbocycles. The molecule has 0 aliphatic carbocycles. The number of nitrogens with zero attached hydrogens (tertiary/aromatic N) is 4. The van der Waals surface area contributed by atoms with E-state index in [9.17, 15) is 5.11 Å². The van der Waals surface area contributed by atoms with Crippen LogP contribution in [0.15, 0.2) is 23.3 Å². The summed E-state index contributed by atoms with van der Waals surface area (Å²) in [5, 5.41) is 17.9. The highest BCUT2D eigenvalue weighted by Gasteiger charge is 2.15. The summed E-state index contributed by atoms with van der Waals surface area (Å²) >= 11 is 0. The maximum Gasteiger partial charge on any atom is 0.194 e. The van der Waals surface area contributed by atoms with Gasteiger partial charge >= 0.3 is 0 Å². The van der Waals surface area contributed by atoms with E-state index in [2.05, 4.69) is 42.3 Å². The average molecular weight is 372 g/mol. The Morgan fingerprint density at radius 3 is 2.48 bits per heavy atom. The van der Waals surface area contributed by atoms with Gasteiger partial charge in [0.1, 0.15) is 5.75 Å². The number of phenolic OH excluding ortho intramolecular Hbond substituents is 1. The number of aromatic hydroxyl groups is 1. The Bertz CT molecular complexity index is 784. The summed E-state index contributed by atoms with van der Waals surface area (Å²) in [4.78, 5) is 6.93.